The average molecular weight is 469 g/mol. The molecule has 1 aromatic heterocycles. The molecule has 0 aliphatic heterocycles. The summed E-state index contributed by atoms with van der Waals surface area (Å²) in [5.74, 6) is 4.83. The van der Waals surface area contributed by atoms with Gasteiger partial charge in [-0.1, -0.05) is 17.3 Å². The molecule has 0 N–H and O–H groups in total. The summed E-state index contributed by atoms with van der Waals surface area (Å²) in [6, 6.07) is 7.06. The Balaban J connectivity index is 2.06. The first-order valence-electron chi connectivity index (χ1n) is 9.75. The summed E-state index contributed by atoms with van der Waals surface area (Å²) in [4.78, 5) is 17.4. The molecule has 0 saturated carbocycles. The standard InChI is InChI=1S/C24H24N2O6S/c1-7-12-26-21-16(28-2)9-10-17(29-3)23(21)33-24(26)25-20(27)11-8-15-13-18(30-4)22(32-6)19(14-15)31-5/h1,8-11,13-14H,12H2,2-6H3. The van der Waals surface area contributed by atoms with Gasteiger partial charge >= 0.3 is 0 Å². The number of methoxy groups -OCH3 is 5. The number of hydrogen-bond acceptors (Lipinski definition) is 7. The number of hydrogen-bond donors (Lipinski definition) is 0. The van der Waals surface area contributed by atoms with Crippen molar-refractivity contribution in [2.45, 2.75) is 6.54 Å². The third-order valence-corrected chi connectivity index (χ3v) is 5.85. The highest BCUT2D eigenvalue weighted by Gasteiger charge is 2.16. The molecule has 33 heavy (non-hydrogen) atoms. The van der Waals surface area contributed by atoms with Crippen LogP contribution in [0.5, 0.6) is 28.7 Å². The lowest BCUT2D eigenvalue weighted by molar-refractivity contribution is -0.113. The quantitative estimate of drug-likeness (QED) is 0.372. The van der Waals surface area contributed by atoms with E-state index in [1.165, 1.54) is 38.7 Å². The van der Waals surface area contributed by atoms with Gasteiger partial charge in [-0.05, 0) is 35.9 Å². The summed E-state index contributed by atoms with van der Waals surface area (Å²) in [6.45, 7) is 0.215. The van der Waals surface area contributed by atoms with E-state index in [2.05, 4.69) is 10.9 Å². The van der Waals surface area contributed by atoms with Crippen molar-refractivity contribution < 1.29 is 28.5 Å². The van der Waals surface area contributed by atoms with Crippen molar-refractivity contribution >= 4 is 33.5 Å². The summed E-state index contributed by atoms with van der Waals surface area (Å²) in [6.07, 6.45) is 8.55. The monoisotopic (exact) mass is 468 g/mol. The summed E-state index contributed by atoms with van der Waals surface area (Å²) in [5, 5.41) is 0. The average Bonchev–Trinajstić information content (AvgIpc) is 3.19. The molecule has 0 spiro atoms. The first-order chi connectivity index (χ1) is 16.0. The van der Waals surface area contributed by atoms with Gasteiger partial charge in [0.2, 0.25) is 5.75 Å². The van der Waals surface area contributed by atoms with Gasteiger partial charge in [-0.2, -0.15) is 4.99 Å². The van der Waals surface area contributed by atoms with Gasteiger partial charge in [0.1, 0.15) is 21.7 Å². The molecule has 0 aliphatic rings. The van der Waals surface area contributed by atoms with E-state index in [9.17, 15) is 4.79 Å². The zero-order valence-electron chi connectivity index (χ0n) is 19.0. The molecular weight excluding hydrogens is 444 g/mol. The Kier molecular flexibility index (Phi) is 7.64. The minimum atomic E-state index is -0.459. The van der Waals surface area contributed by atoms with Crippen LogP contribution in [-0.2, 0) is 11.3 Å². The summed E-state index contributed by atoms with van der Waals surface area (Å²) in [7, 11) is 7.73. The van der Waals surface area contributed by atoms with Gasteiger partial charge < -0.3 is 28.3 Å². The van der Waals surface area contributed by atoms with Crippen LogP contribution in [0.3, 0.4) is 0 Å². The molecule has 0 fully saturated rings. The van der Waals surface area contributed by atoms with E-state index in [-0.39, 0.29) is 6.54 Å². The molecule has 9 heteroatoms. The summed E-state index contributed by atoms with van der Waals surface area (Å²) in [5.41, 5.74) is 1.41. The highest BCUT2D eigenvalue weighted by molar-refractivity contribution is 7.16. The number of fused-ring (bicyclic) bond motifs is 1. The van der Waals surface area contributed by atoms with E-state index < -0.39 is 5.91 Å². The van der Waals surface area contributed by atoms with Crippen molar-refractivity contribution in [1.82, 2.24) is 4.57 Å². The SMILES string of the molecule is C#CCn1c(=NC(=O)C=Cc2cc(OC)c(OC)c(OC)c2)sc2c(OC)ccc(OC)c21. The van der Waals surface area contributed by atoms with E-state index in [4.69, 9.17) is 30.1 Å². The summed E-state index contributed by atoms with van der Waals surface area (Å²) >= 11 is 1.30. The van der Waals surface area contributed by atoms with Gasteiger partial charge in [0.05, 0.1) is 42.1 Å². The number of rotatable bonds is 8. The zero-order chi connectivity index (χ0) is 24.0. The number of nitrogens with zero attached hydrogens (tertiary/aromatic N) is 2. The molecule has 0 saturated heterocycles. The van der Waals surface area contributed by atoms with E-state index in [1.807, 2.05) is 0 Å². The van der Waals surface area contributed by atoms with Crippen LogP contribution in [0.1, 0.15) is 5.56 Å². The molecule has 3 aromatic rings. The van der Waals surface area contributed by atoms with Crippen molar-refractivity contribution in [3.63, 3.8) is 0 Å². The molecule has 0 radical (unpaired) electrons. The molecule has 2 aromatic carbocycles. The van der Waals surface area contributed by atoms with Gasteiger partial charge in [-0.3, -0.25) is 4.79 Å². The number of thiazole rings is 1. The predicted molar refractivity (Wildman–Crippen MR) is 127 cm³/mol. The van der Waals surface area contributed by atoms with Gasteiger partial charge in [-0.25, -0.2) is 0 Å². The van der Waals surface area contributed by atoms with Crippen molar-refractivity contribution in [2.75, 3.05) is 35.5 Å². The Hall–Kier alpha value is -3.90. The number of benzene rings is 2. The Morgan fingerprint density at radius 3 is 2.15 bits per heavy atom. The molecular formula is C24H24N2O6S. The fourth-order valence-corrected chi connectivity index (χ4v) is 4.42. The number of ether oxygens (including phenoxy) is 5. The smallest absolute Gasteiger partial charge is 0.272 e. The fraction of sp³-hybridized carbons (Fsp3) is 0.250. The number of aromatic nitrogens is 1. The largest absolute Gasteiger partial charge is 0.495 e. The number of amides is 1. The van der Waals surface area contributed by atoms with E-state index in [0.717, 1.165) is 10.2 Å². The topological polar surface area (TPSA) is 80.5 Å². The normalized spacial score (nSPS) is 11.5. The lowest BCUT2D eigenvalue weighted by Crippen LogP contribution is -2.16. The second-order valence-corrected chi connectivity index (χ2v) is 7.54. The third-order valence-electron chi connectivity index (χ3n) is 4.75. The Morgan fingerprint density at radius 1 is 1.00 bits per heavy atom. The minimum Gasteiger partial charge on any atom is -0.495 e. The van der Waals surface area contributed by atoms with Crippen LogP contribution in [0.2, 0.25) is 0 Å². The number of carbonyl (C=O) groups excluding carboxylic acids is 1. The molecule has 3 rings (SSSR count). The minimum absolute atomic E-state index is 0.215. The third kappa shape index (κ3) is 4.81. The van der Waals surface area contributed by atoms with Crippen LogP contribution in [0, 0.1) is 12.3 Å². The Bertz CT molecular complexity index is 1290. The molecule has 172 valence electrons. The highest BCUT2D eigenvalue weighted by Crippen LogP contribution is 2.38. The molecule has 0 aliphatic carbocycles. The van der Waals surface area contributed by atoms with Gasteiger partial charge in [0, 0.05) is 6.08 Å². The first-order valence-corrected chi connectivity index (χ1v) is 10.6. The maximum absolute atomic E-state index is 12.7. The van der Waals surface area contributed by atoms with Crippen LogP contribution in [-0.4, -0.2) is 46.0 Å². The van der Waals surface area contributed by atoms with Crippen LogP contribution in [0.15, 0.2) is 35.3 Å². The van der Waals surface area contributed by atoms with E-state index in [0.29, 0.717) is 39.1 Å². The number of carbonyl (C=O) groups is 1. The lowest BCUT2D eigenvalue weighted by atomic mass is 10.1. The van der Waals surface area contributed by atoms with Crippen molar-refractivity contribution in [3.8, 4) is 41.1 Å². The van der Waals surface area contributed by atoms with Crippen LogP contribution in [0.25, 0.3) is 16.3 Å². The molecule has 0 bridgehead atoms. The molecule has 8 nitrogen and oxygen atoms in total. The van der Waals surface area contributed by atoms with Crippen LogP contribution in [0.4, 0.5) is 0 Å². The maximum Gasteiger partial charge on any atom is 0.272 e. The molecule has 1 amide bonds. The van der Waals surface area contributed by atoms with Crippen molar-refractivity contribution in [1.29, 1.82) is 0 Å². The fourth-order valence-electron chi connectivity index (χ4n) is 3.27. The first kappa shape index (κ1) is 23.8. The van der Waals surface area contributed by atoms with E-state index >= 15 is 0 Å². The van der Waals surface area contributed by atoms with Gasteiger partial charge in [0.15, 0.2) is 16.3 Å². The Morgan fingerprint density at radius 2 is 1.61 bits per heavy atom. The van der Waals surface area contributed by atoms with Crippen molar-refractivity contribution in [3.05, 3.63) is 40.7 Å². The molecule has 0 unspecified atom stereocenters. The molecule has 0 atom stereocenters. The second kappa shape index (κ2) is 10.6. The van der Waals surface area contributed by atoms with Gasteiger partial charge in [-0.15, -0.1) is 6.42 Å². The zero-order valence-corrected chi connectivity index (χ0v) is 19.8. The maximum atomic E-state index is 12.7. The lowest BCUT2D eigenvalue weighted by Gasteiger charge is -2.12. The second-order valence-electron chi connectivity index (χ2n) is 6.56. The van der Waals surface area contributed by atoms with E-state index in [1.54, 1.807) is 49.1 Å². The van der Waals surface area contributed by atoms with Crippen LogP contribution >= 0.6 is 11.3 Å². The number of terminal acetylenes is 1. The highest BCUT2D eigenvalue weighted by atomic mass is 32.1. The predicted octanol–water partition coefficient (Wildman–Crippen LogP) is 3.52. The van der Waals surface area contributed by atoms with Gasteiger partial charge in [0.25, 0.3) is 5.91 Å². The Labute approximate surface area is 195 Å². The summed E-state index contributed by atoms with van der Waals surface area (Å²) < 4.78 is 29.5. The molecule has 1 heterocycles. The van der Waals surface area contributed by atoms with Crippen LogP contribution < -0.4 is 28.5 Å². The van der Waals surface area contributed by atoms with Crippen molar-refractivity contribution in [2.24, 2.45) is 4.99 Å².